The van der Waals surface area contributed by atoms with Crippen LogP contribution in [0.25, 0.3) is 0 Å². The Bertz CT molecular complexity index is 437. The van der Waals surface area contributed by atoms with Gasteiger partial charge in [-0.1, -0.05) is 40.2 Å². The topological polar surface area (TPSA) is 30.5 Å². The van der Waals surface area contributed by atoms with Crippen LogP contribution >= 0.6 is 0 Å². The first-order valence-electron chi connectivity index (χ1n) is 7.07. The molecular formula is C16H25NO2. The summed E-state index contributed by atoms with van der Waals surface area (Å²) in [6.07, 6.45) is 2.29. The van der Waals surface area contributed by atoms with Crippen LogP contribution in [0.4, 0.5) is 0 Å². The molecule has 2 rings (SSSR count). The van der Waals surface area contributed by atoms with Gasteiger partial charge in [0.1, 0.15) is 11.9 Å². The molecule has 2 atom stereocenters. The van der Waals surface area contributed by atoms with Gasteiger partial charge in [0.15, 0.2) is 0 Å². The van der Waals surface area contributed by atoms with E-state index in [1.807, 2.05) is 0 Å². The predicted octanol–water partition coefficient (Wildman–Crippen LogP) is 3.74. The maximum atomic E-state index is 6.04. The molecule has 1 aliphatic rings. The van der Waals surface area contributed by atoms with Gasteiger partial charge in [0.2, 0.25) is 0 Å². The Morgan fingerprint density at radius 1 is 1.32 bits per heavy atom. The van der Waals surface area contributed by atoms with Crippen molar-refractivity contribution >= 4 is 0 Å². The Labute approximate surface area is 116 Å². The Kier molecular flexibility index (Phi) is 4.16. The number of fused-ring (bicyclic) bond motifs is 1. The number of hydrogen-bond acceptors (Lipinski definition) is 3. The minimum atomic E-state index is 0.127. The highest BCUT2D eigenvalue weighted by Crippen LogP contribution is 2.40. The summed E-state index contributed by atoms with van der Waals surface area (Å²) in [4.78, 5) is 5.15. The summed E-state index contributed by atoms with van der Waals surface area (Å²) in [6.45, 7) is 8.86. The molecule has 0 spiro atoms. The molecule has 0 radical (unpaired) electrons. The molecule has 0 saturated carbocycles. The molecule has 1 aromatic carbocycles. The number of hydroxylamine groups is 1. The molecule has 1 aromatic rings. The maximum Gasteiger partial charge on any atom is 0.124 e. The molecule has 1 aliphatic heterocycles. The van der Waals surface area contributed by atoms with Crippen molar-refractivity contribution in [3.63, 3.8) is 0 Å². The number of rotatable bonds is 4. The van der Waals surface area contributed by atoms with Gasteiger partial charge in [-0.05, 0) is 29.5 Å². The van der Waals surface area contributed by atoms with E-state index in [0.717, 1.165) is 18.6 Å². The van der Waals surface area contributed by atoms with Crippen molar-refractivity contribution in [2.45, 2.75) is 58.1 Å². The fourth-order valence-corrected chi connectivity index (χ4v) is 2.57. The zero-order chi connectivity index (χ0) is 14.0. The Morgan fingerprint density at radius 3 is 2.63 bits per heavy atom. The monoisotopic (exact) mass is 263 g/mol. The lowest BCUT2D eigenvalue weighted by Crippen LogP contribution is -2.30. The molecule has 3 heteroatoms. The number of hydrogen-bond donors (Lipinski definition) is 1. The molecule has 2 unspecified atom stereocenters. The summed E-state index contributed by atoms with van der Waals surface area (Å²) in [5.74, 6) is 0.987. The van der Waals surface area contributed by atoms with Crippen molar-refractivity contribution in [3.05, 3.63) is 29.3 Å². The van der Waals surface area contributed by atoms with Crippen LogP contribution in [0.3, 0.4) is 0 Å². The van der Waals surface area contributed by atoms with E-state index in [2.05, 4.69) is 51.4 Å². The second-order valence-electron chi connectivity index (χ2n) is 6.25. The van der Waals surface area contributed by atoms with E-state index in [1.165, 1.54) is 11.1 Å². The van der Waals surface area contributed by atoms with Gasteiger partial charge in [0.05, 0.1) is 13.2 Å². The fraction of sp³-hybridized carbons (Fsp3) is 0.625. The van der Waals surface area contributed by atoms with E-state index in [-0.39, 0.29) is 17.6 Å². The predicted molar refractivity (Wildman–Crippen MR) is 77.4 cm³/mol. The molecule has 1 N–H and O–H groups in total. The SMILES string of the molecule is CCCC1Oc2ccc(C(C)(C)C)cc2C1NOC. The molecule has 0 bridgehead atoms. The fourth-order valence-electron chi connectivity index (χ4n) is 2.57. The Balaban J connectivity index is 2.33. The quantitative estimate of drug-likeness (QED) is 0.839. The molecule has 3 nitrogen and oxygen atoms in total. The first-order chi connectivity index (χ1) is 8.97. The minimum absolute atomic E-state index is 0.127. The molecular weight excluding hydrogens is 238 g/mol. The average Bonchev–Trinajstić information content (AvgIpc) is 2.67. The Morgan fingerprint density at radius 2 is 2.05 bits per heavy atom. The van der Waals surface area contributed by atoms with Crippen molar-refractivity contribution in [1.82, 2.24) is 5.48 Å². The molecule has 106 valence electrons. The van der Waals surface area contributed by atoms with Crippen molar-refractivity contribution in [2.75, 3.05) is 7.11 Å². The lowest BCUT2D eigenvalue weighted by Gasteiger charge is -2.21. The van der Waals surface area contributed by atoms with Crippen LogP contribution in [0.2, 0.25) is 0 Å². The van der Waals surface area contributed by atoms with Crippen LogP contribution in [0.15, 0.2) is 18.2 Å². The van der Waals surface area contributed by atoms with Crippen LogP contribution in [-0.4, -0.2) is 13.2 Å². The molecule has 0 saturated heterocycles. The van der Waals surface area contributed by atoms with E-state index in [1.54, 1.807) is 7.11 Å². The third kappa shape index (κ3) is 2.93. The summed E-state index contributed by atoms with van der Waals surface area (Å²) in [5.41, 5.74) is 5.78. The lowest BCUT2D eigenvalue weighted by molar-refractivity contribution is 0.0269. The van der Waals surface area contributed by atoms with Crippen LogP contribution in [0.1, 0.15) is 57.7 Å². The van der Waals surface area contributed by atoms with Crippen molar-refractivity contribution in [1.29, 1.82) is 0 Å². The lowest BCUT2D eigenvalue weighted by atomic mass is 9.85. The molecule has 0 aliphatic carbocycles. The number of ether oxygens (including phenoxy) is 1. The first-order valence-corrected chi connectivity index (χ1v) is 7.07. The molecule has 0 fully saturated rings. The minimum Gasteiger partial charge on any atom is -0.488 e. The van der Waals surface area contributed by atoms with Gasteiger partial charge >= 0.3 is 0 Å². The highest BCUT2D eigenvalue weighted by atomic mass is 16.6. The van der Waals surface area contributed by atoms with Gasteiger partial charge in [0.25, 0.3) is 0 Å². The first kappa shape index (κ1) is 14.4. The molecule has 19 heavy (non-hydrogen) atoms. The van der Waals surface area contributed by atoms with Gasteiger partial charge in [-0.15, -0.1) is 0 Å². The van der Waals surface area contributed by atoms with Crippen molar-refractivity contribution < 1.29 is 9.57 Å². The highest BCUT2D eigenvalue weighted by Gasteiger charge is 2.34. The zero-order valence-electron chi connectivity index (χ0n) is 12.6. The van der Waals surface area contributed by atoms with Crippen LogP contribution in [0, 0.1) is 0 Å². The van der Waals surface area contributed by atoms with E-state index in [0.29, 0.717) is 0 Å². The van der Waals surface area contributed by atoms with E-state index >= 15 is 0 Å². The Hall–Kier alpha value is -1.06. The summed E-state index contributed by atoms with van der Waals surface area (Å²) in [6, 6.07) is 6.64. The number of nitrogens with one attached hydrogen (secondary N) is 1. The second kappa shape index (κ2) is 5.51. The van der Waals surface area contributed by atoms with Crippen LogP contribution < -0.4 is 10.2 Å². The summed E-state index contributed by atoms with van der Waals surface area (Å²) < 4.78 is 6.04. The normalized spacial score (nSPS) is 22.2. The van der Waals surface area contributed by atoms with E-state index in [4.69, 9.17) is 9.57 Å². The largest absolute Gasteiger partial charge is 0.488 e. The van der Waals surface area contributed by atoms with Gasteiger partial charge in [-0.2, -0.15) is 5.48 Å². The van der Waals surface area contributed by atoms with Gasteiger partial charge in [-0.3, -0.25) is 0 Å². The third-order valence-electron chi connectivity index (χ3n) is 3.68. The smallest absolute Gasteiger partial charge is 0.124 e. The number of benzene rings is 1. The third-order valence-corrected chi connectivity index (χ3v) is 3.68. The van der Waals surface area contributed by atoms with Gasteiger partial charge in [0, 0.05) is 5.56 Å². The maximum absolute atomic E-state index is 6.04. The van der Waals surface area contributed by atoms with Crippen molar-refractivity contribution in [2.24, 2.45) is 0 Å². The molecule has 1 heterocycles. The summed E-state index contributed by atoms with van der Waals surface area (Å²) in [5, 5.41) is 0. The second-order valence-corrected chi connectivity index (χ2v) is 6.25. The van der Waals surface area contributed by atoms with Crippen molar-refractivity contribution in [3.8, 4) is 5.75 Å². The molecule has 0 aromatic heterocycles. The van der Waals surface area contributed by atoms with Crippen LogP contribution in [-0.2, 0) is 10.3 Å². The van der Waals surface area contributed by atoms with E-state index < -0.39 is 0 Å². The average molecular weight is 263 g/mol. The van der Waals surface area contributed by atoms with Gasteiger partial charge in [-0.25, -0.2) is 0 Å². The zero-order valence-corrected chi connectivity index (χ0v) is 12.6. The van der Waals surface area contributed by atoms with Gasteiger partial charge < -0.3 is 9.57 Å². The highest BCUT2D eigenvalue weighted by molar-refractivity contribution is 5.45. The van der Waals surface area contributed by atoms with Crippen LogP contribution in [0.5, 0.6) is 5.75 Å². The van der Waals surface area contributed by atoms with E-state index in [9.17, 15) is 0 Å². The summed E-state index contributed by atoms with van der Waals surface area (Å²) in [7, 11) is 1.66. The standard InChI is InChI=1S/C16H25NO2/c1-6-7-14-15(17-18-5)12-10-11(16(2,3)4)8-9-13(12)19-14/h8-10,14-15,17H,6-7H2,1-5H3. The summed E-state index contributed by atoms with van der Waals surface area (Å²) >= 11 is 0. The molecule has 0 amide bonds.